The number of amides is 1. The molecule has 0 aliphatic rings. The number of hydrogen-bond donors (Lipinski definition) is 2. The first-order valence-electron chi connectivity index (χ1n) is 9.65. The van der Waals surface area contributed by atoms with Crippen molar-refractivity contribution in [2.24, 2.45) is 0 Å². The van der Waals surface area contributed by atoms with Gasteiger partial charge in [0.15, 0.2) is 5.11 Å². The van der Waals surface area contributed by atoms with Gasteiger partial charge in [-0.2, -0.15) is 0 Å². The van der Waals surface area contributed by atoms with Gasteiger partial charge in [-0.25, -0.2) is 8.42 Å². The molecule has 0 aliphatic heterocycles. The predicted molar refractivity (Wildman–Crippen MR) is 128 cm³/mol. The van der Waals surface area contributed by atoms with Gasteiger partial charge in [0.25, 0.3) is 10.0 Å². The number of aryl methyl sites for hydroxylation is 1. The quantitative estimate of drug-likeness (QED) is 0.530. The summed E-state index contributed by atoms with van der Waals surface area (Å²) in [4.78, 5) is 12.2. The Morgan fingerprint density at radius 2 is 1.48 bits per heavy atom. The van der Waals surface area contributed by atoms with Crippen molar-refractivity contribution in [3.05, 3.63) is 90.5 Å². The fraction of sp³-hybridized carbons (Fsp3) is 0.130. The summed E-state index contributed by atoms with van der Waals surface area (Å²) in [5, 5.41) is 5.70. The molecule has 8 heteroatoms. The Balaban J connectivity index is 1.56. The second-order valence-electron chi connectivity index (χ2n) is 6.82. The van der Waals surface area contributed by atoms with Gasteiger partial charge in [-0.1, -0.05) is 48.5 Å². The number of thiocarbonyl (C=S) groups is 1. The maximum Gasteiger partial charge on any atom is 0.264 e. The summed E-state index contributed by atoms with van der Waals surface area (Å²) in [5.74, 6) is -0.190. The Labute approximate surface area is 188 Å². The molecule has 0 spiro atoms. The van der Waals surface area contributed by atoms with Crippen molar-refractivity contribution in [3.63, 3.8) is 0 Å². The number of carbonyl (C=O) groups is 1. The van der Waals surface area contributed by atoms with E-state index in [4.69, 9.17) is 12.2 Å². The highest BCUT2D eigenvalue weighted by molar-refractivity contribution is 7.92. The molecule has 2 N–H and O–H groups in total. The second kappa shape index (κ2) is 10.2. The Bertz CT molecular complexity index is 1130. The molecule has 3 aromatic rings. The van der Waals surface area contributed by atoms with Gasteiger partial charge in [0, 0.05) is 19.2 Å². The van der Waals surface area contributed by atoms with E-state index in [-0.39, 0.29) is 15.9 Å². The molecule has 0 aliphatic carbocycles. The lowest BCUT2D eigenvalue weighted by Gasteiger charge is -2.19. The summed E-state index contributed by atoms with van der Waals surface area (Å²) in [7, 11) is -2.18. The van der Waals surface area contributed by atoms with E-state index in [1.165, 1.54) is 23.5 Å². The average Bonchev–Trinajstić information content (AvgIpc) is 2.78. The van der Waals surface area contributed by atoms with Crippen molar-refractivity contribution in [1.29, 1.82) is 0 Å². The molecule has 0 fully saturated rings. The van der Waals surface area contributed by atoms with Crippen LogP contribution in [-0.4, -0.2) is 26.5 Å². The van der Waals surface area contributed by atoms with Crippen LogP contribution in [0, 0.1) is 0 Å². The lowest BCUT2D eigenvalue weighted by molar-refractivity contribution is -0.119. The lowest BCUT2D eigenvalue weighted by Crippen LogP contribution is -2.34. The van der Waals surface area contributed by atoms with Crippen molar-refractivity contribution in [2.75, 3.05) is 16.7 Å². The van der Waals surface area contributed by atoms with Crippen molar-refractivity contribution in [2.45, 2.75) is 17.7 Å². The molecule has 31 heavy (non-hydrogen) atoms. The minimum Gasteiger partial charge on any atom is -0.332 e. The van der Waals surface area contributed by atoms with Gasteiger partial charge >= 0.3 is 0 Å². The molecule has 0 bridgehead atoms. The van der Waals surface area contributed by atoms with Gasteiger partial charge in [-0.3, -0.25) is 9.10 Å². The zero-order valence-corrected chi connectivity index (χ0v) is 18.6. The summed E-state index contributed by atoms with van der Waals surface area (Å²) in [6.07, 6.45) is 0.936. The molecular weight excluding hydrogens is 430 g/mol. The number of nitrogens with zero attached hydrogens (tertiary/aromatic N) is 1. The summed E-state index contributed by atoms with van der Waals surface area (Å²) in [6, 6.07) is 24.8. The highest BCUT2D eigenvalue weighted by atomic mass is 32.2. The van der Waals surface area contributed by atoms with E-state index in [1.54, 1.807) is 36.4 Å². The van der Waals surface area contributed by atoms with Crippen LogP contribution in [0.5, 0.6) is 0 Å². The van der Waals surface area contributed by atoms with Crippen LogP contribution in [-0.2, 0) is 21.2 Å². The van der Waals surface area contributed by atoms with E-state index in [9.17, 15) is 13.2 Å². The van der Waals surface area contributed by atoms with Gasteiger partial charge in [-0.05, 0) is 60.6 Å². The highest BCUT2D eigenvalue weighted by Crippen LogP contribution is 2.22. The van der Waals surface area contributed by atoms with E-state index in [0.717, 1.165) is 5.56 Å². The van der Waals surface area contributed by atoms with Gasteiger partial charge in [0.1, 0.15) is 0 Å². The zero-order valence-electron chi connectivity index (χ0n) is 17.0. The number of sulfonamides is 1. The normalized spacial score (nSPS) is 10.9. The largest absolute Gasteiger partial charge is 0.332 e. The minimum atomic E-state index is -3.69. The molecule has 0 heterocycles. The standard InChI is InChI=1S/C23H23N3O3S2/c1-26(20-10-6-3-7-11-20)31(28,29)21-15-13-19(14-16-21)24-23(30)25-22(27)17-12-18-8-4-2-5-9-18/h2-11,13-16H,12,17H2,1H3,(H2,24,25,27,30). The fourth-order valence-corrected chi connectivity index (χ4v) is 4.33. The summed E-state index contributed by atoms with van der Waals surface area (Å²) in [5.41, 5.74) is 2.23. The summed E-state index contributed by atoms with van der Waals surface area (Å²) < 4.78 is 26.9. The van der Waals surface area contributed by atoms with Crippen LogP contribution in [0.3, 0.4) is 0 Å². The number of para-hydroxylation sites is 1. The number of benzene rings is 3. The second-order valence-corrected chi connectivity index (χ2v) is 9.20. The number of carbonyl (C=O) groups excluding carboxylic acids is 1. The maximum absolute atomic E-state index is 12.8. The van der Waals surface area contributed by atoms with Crippen LogP contribution in [0.2, 0.25) is 0 Å². The number of rotatable bonds is 7. The van der Waals surface area contributed by atoms with E-state index < -0.39 is 10.0 Å². The predicted octanol–water partition coefficient (Wildman–Crippen LogP) is 3.96. The average molecular weight is 454 g/mol. The van der Waals surface area contributed by atoms with Crippen molar-refractivity contribution >= 4 is 44.6 Å². The monoisotopic (exact) mass is 453 g/mol. The molecule has 160 valence electrons. The van der Waals surface area contributed by atoms with Crippen LogP contribution >= 0.6 is 12.2 Å². The van der Waals surface area contributed by atoms with Gasteiger partial charge in [0.05, 0.1) is 10.6 Å². The molecule has 0 saturated carbocycles. The maximum atomic E-state index is 12.8. The third kappa shape index (κ3) is 6.13. The van der Waals surface area contributed by atoms with Gasteiger partial charge in [-0.15, -0.1) is 0 Å². The number of hydrogen-bond acceptors (Lipinski definition) is 4. The SMILES string of the molecule is CN(c1ccccc1)S(=O)(=O)c1ccc(NC(=S)NC(=O)CCc2ccccc2)cc1. The molecule has 3 aromatic carbocycles. The molecule has 1 amide bonds. The van der Waals surface area contributed by atoms with E-state index in [1.807, 2.05) is 36.4 Å². The molecule has 3 rings (SSSR count). The zero-order chi connectivity index (χ0) is 22.3. The molecule has 0 saturated heterocycles. The van der Waals surface area contributed by atoms with Crippen molar-refractivity contribution < 1.29 is 13.2 Å². The summed E-state index contributed by atoms with van der Waals surface area (Å²) >= 11 is 5.19. The molecule has 0 atom stereocenters. The van der Waals surface area contributed by atoms with Crippen LogP contribution < -0.4 is 14.9 Å². The Morgan fingerprint density at radius 3 is 2.10 bits per heavy atom. The fourth-order valence-electron chi connectivity index (χ4n) is 2.90. The van der Waals surface area contributed by atoms with Crippen LogP contribution in [0.15, 0.2) is 89.8 Å². The molecule has 6 nitrogen and oxygen atoms in total. The Morgan fingerprint density at radius 1 is 0.903 bits per heavy atom. The van der Waals surface area contributed by atoms with Crippen LogP contribution in [0.1, 0.15) is 12.0 Å². The Hall–Kier alpha value is -3.23. The van der Waals surface area contributed by atoms with Crippen LogP contribution in [0.4, 0.5) is 11.4 Å². The number of nitrogens with one attached hydrogen (secondary N) is 2. The minimum absolute atomic E-state index is 0.155. The third-order valence-electron chi connectivity index (χ3n) is 4.63. The molecule has 0 radical (unpaired) electrons. The van der Waals surface area contributed by atoms with Gasteiger partial charge in [0.2, 0.25) is 5.91 Å². The van der Waals surface area contributed by atoms with Gasteiger partial charge < -0.3 is 10.6 Å². The Kier molecular flexibility index (Phi) is 7.38. The molecule has 0 aromatic heterocycles. The summed E-state index contributed by atoms with van der Waals surface area (Å²) in [6.45, 7) is 0. The van der Waals surface area contributed by atoms with E-state index in [0.29, 0.717) is 24.2 Å². The molecular formula is C23H23N3O3S2. The number of anilines is 2. The highest BCUT2D eigenvalue weighted by Gasteiger charge is 2.21. The van der Waals surface area contributed by atoms with Crippen molar-refractivity contribution in [3.8, 4) is 0 Å². The van der Waals surface area contributed by atoms with Crippen LogP contribution in [0.25, 0.3) is 0 Å². The third-order valence-corrected chi connectivity index (χ3v) is 6.63. The topological polar surface area (TPSA) is 78.5 Å². The smallest absolute Gasteiger partial charge is 0.264 e. The first-order chi connectivity index (χ1) is 14.9. The van der Waals surface area contributed by atoms with E-state index >= 15 is 0 Å². The van der Waals surface area contributed by atoms with Crippen molar-refractivity contribution in [1.82, 2.24) is 5.32 Å². The molecule has 0 unspecified atom stereocenters. The first kappa shape index (κ1) is 22.5. The first-order valence-corrected chi connectivity index (χ1v) is 11.5. The lowest BCUT2D eigenvalue weighted by atomic mass is 10.1. The van der Waals surface area contributed by atoms with E-state index in [2.05, 4.69) is 10.6 Å².